The van der Waals surface area contributed by atoms with E-state index in [9.17, 15) is 0 Å². The van der Waals surface area contributed by atoms with E-state index in [4.69, 9.17) is 0 Å². The van der Waals surface area contributed by atoms with Crippen molar-refractivity contribution in [3.63, 3.8) is 0 Å². The molecule has 1 aromatic carbocycles. The molecule has 0 amide bonds. The predicted molar refractivity (Wildman–Crippen MR) is 64.2 cm³/mol. The summed E-state index contributed by atoms with van der Waals surface area (Å²) in [6, 6.07) is 7.11. The number of imidazole rings is 1. The van der Waals surface area contributed by atoms with Gasteiger partial charge in [-0.25, -0.2) is 4.98 Å². The van der Waals surface area contributed by atoms with E-state index in [1.807, 2.05) is 0 Å². The molecule has 3 rings (SSSR count). The highest BCUT2D eigenvalue weighted by molar-refractivity contribution is 5.74. The molecule has 2 heterocycles. The SMILES string of the molecule is CN(Cc1ccc2nc[nH]c2c1)C1CNC1. The van der Waals surface area contributed by atoms with Crippen LogP contribution < -0.4 is 5.32 Å². The van der Waals surface area contributed by atoms with Gasteiger partial charge >= 0.3 is 0 Å². The third kappa shape index (κ3) is 1.70. The molecule has 1 aromatic heterocycles. The smallest absolute Gasteiger partial charge is 0.0931 e. The lowest BCUT2D eigenvalue weighted by Crippen LogP contribution is -2.55. The lowest BCUT2D eigenvalue weighted by molar-refractivity contribution is 0.173. The maximum atomic E-state index is 4.22. The molecule has 0 unspecified atom stereocenters. The fourth-order valence-corrected chi connectivity index (χ4v) is 2.08. The van der Waals surface area contributed by atoms with Gasteiger partial charge in [-0.1, -0.05) is 6.07 Å². The van der Waals surface area contributed by atoms with Gasteiger partial charge in [0.15, 0.2) is 0 Å². The van der Waals surface area contributed by atoms with E-state index in [0.29, 0.717) is 6.04 Å². The fraction of sp³-hybridized carbons (Fsp3) is 0.417. The standard InChI is InChI=1S/C12H16N4/c1-16(10-5-13-6-10)7-9-2-3-11-12(4-9)15-8-14-11/h2-4,8,10,13H,5-7H2,1H3,(H,14,15). The number of fused-ring (bicyclic) bond motifs is 1. The summed E-state index contributed by atoms with van der Waals surface area (Å²) < 4.78 is 0. The molecule has 4 heteroatoms. The van der Waals surface area contributed by atoms with Crippen LogP contribution in [0.2, 0.25) is 0 Å². The minimum Gasteiger partial charge on any atom is -0.345 e. The normalized spacial score (nSPS) is 16.9. The third-order valence-corrected chi connectivity index (χ3v) is 3.30. The van der Waals surface area contributed by atoms with Crippen LogP contribution in [-0.4, -0.2) is 41.0 Å². The Bertz CT molecular complexity index is 486. The number of hydrogen-bond acceptors (Lipinski definition) is 3. The second-order valence-electron chi connectivity index (χ2n) is 4.48. The Morgan fingerprint density at radius 1 is 1.44 bits per heavy atom. The van der Waals surface area contributed by atoms with Crippen molar-refractivity contribution in [1.82, 2.24) is 20.2 Å². The first-order chi connectivity index (χ1) is 7.83. The van der Waals surface area contributed by atoms with Crippen LogP contribution in [0, 0.1) is 0 Å². The van der Waals surface area contributed by atoms with Crippen molar-refractivity contribution in [2.45, 2.75) is 12.6 Å². The maximum absolute atomic E-state index is 4.22. The summed E-state index contributed by atoms with van der Waals surface area (Å²) in [6.07, 6.45) is 1.74. The van der Waals surface area contributed by atoms with Gasteiger partial charge in [-0.2, -0.15) is 0 Å². The molecular formula is C12H16N4. The van der Waals surface area contributed by atoms with Crippen LogP contribution in [0.4, 0.5) is 0 Å². The number of rotatable bonds is 3. The number of benzene rings is 1. The summed E-state index contributed by atoms with van der Waals surface area (Å²) in [7, 11) is 2.18. The van der Waals surface area contributed by atoms with Crippen LogP contribution in [0.5, 0.6) is 0 Å². The van der Waals surface area contributed by atoms with E-state index in [-0.39, 0.29) is 0 Å². The predicted octanol–water partition coefficient (Wildman–Crippen LogP) is 0.966. The number of aromatic amines is 1. The number of hydrogen-bond donors (Lipinski definition) is 2. The molecule has 0 radical (unpaired) electrons. The Balaban J connectivity index is 1.77. The highest BCUT2D eigenvalue weighted by Crippen LogP contribution is 2.14. The number of likely N-dealkylation sites (N-methyl/N-ethyl adjacent to an activating group) is 1. The molecule has 0 bridgehead atoms. The van der Waals surface area contributed by atoms with Gasteiger partial charge < -0.3 is 10.3 Å². The lowest BCUT2D eigenvalue weighted by Gasteiger charge is -2.35. The zero-order valence-corrected chi connectivity index (χ0v) is 9.40. The summed E-state index contributed by atoms with van der Waals surface area (Å²) in [5.74, 6) is 0. The second-order valence-corrected chi connectivity index (χ2v) is 4.48. The van der Waals surface area contributed by atoms with Gasteiger partial charge in [0.05, 0.1) is 17.4 Å². The van der Waals surface area contributed by atoms with Gasteiger partial charge in [0.2, 0.25) is 0 Å². The molecule has 16 heavy (non-hydrogen) atoms. The molecule has 0 atom stereocenters. The van der Waals surface area contributed by atoms with Crippen LogP contribution in [0.25, 0.3) is 11.0 Å². The van der Waals surface area contributed by atoms with E-state index >= 15 is 0 Å². The summed E-state index contributed by atoms with van der Waals surface area (Å²) in [5.41, 5.74) is 3.50. The monoisotopic (exact) mass is 216 g/mol. The average Bonchev–Trinajstić information content (AvgIpc) is 2.61. The maximum Gasteiger partial charge on any atom is 0.0931 e. The molecule has 1 fully saturated rings. The van der Waals surface area contributed by atoms with Gasteiger partial charge in [0.1, 0.15) is 0 Å². The van der Waals surface area contributed by atoms with Crippen molar-refractivity contribution in [3.05, 3.63) is 30.1 Å². The molecule has 84 valence electrons. The van der Waals surface area contributed by atoms with Crippen molar-refractivity contribution in [2.24, 2.45) is 0 Å². The van der Waals surface area contributed by atoms with Crippen molar-refractivity contribution < 1.29 is 0 Å². The van der Waals surface area contributed by atoms with Crippen molar-refractivity contribution in [3.8, 4) is 0 Å². The van der Waals surface area contributed by atoms with Gasteiger partial charge in [-0.3, -0.25) is 4.90 Å². The fourth-order valence-electron chi connectivity index (χ4n) is 2.08. The van der Waals surface area contributed by atoms with Gasteiger partial charge in [0, 0.05) is 25.7 Å². The summed E-state index contributed by atoms with van der Waals surface area (Å²) in [6.45, 7) is 3.23. The molecule has 4 nitrogen and oxygen atoms in total. The van der Waals surface area contributed by atoms with Crippen molar-refractivity contribution in [2.75, 3.05) is 20.1 Å². The number of H-pyrrole nitrogens is 1. The van der Waals surface area contributed by atoms with Crippen molar-refractivity contribution >= 4 is 11.0 Å². The Hall–Kier alpha value is -1.39. The molecule has 1 aliphatic heterocycles. The van der Waals surface area contributed by atoms with E-state index < -0.39 is 0 Å². The topological polar surface area (TPSA) is 44.0 Å². The molecule has 2 aromatic rings. The van der Waals surface area contributed by atoms with Crippen LogP contribution >= 0.6 is 0 Å². The third-order valence-electron chi connectivity index (χ3n) is 3.30. The molecule has 1 aliphatic rings. The number of nitrogens with zero attached hydrogens (tertiary/aromatic N) is 2. The van der Waals surface area contributed by atoms with E-state index in [1.165, 1.54) is 5.56 Å². The Morgan fingerprint density at radius 3 is 3.06 bits per heavy atom. The lowest BCUT2D eigenvalue weighted by atomic mass is 10.1. The van der Waals surface area contributed by atoms with Gasteiger partial charge in [-0.15, -0.1) is 0 Å². The highest BCUT2D eigenvalue weighted by atomic mass is 15.2. The summed E-state index contributed by atoms with van der Waals surface area (Å²) in [4.78, 5) is 9.77. The zero-order chi connectivity index (χ0) is 11.0. The summed E-state index contributed by atoms with van der Waals surface area (Å²) >= 11 is 0. The number of aromatic nitrogens is 2. The van der Waals surface area contributed by atoms with Crippen LogP contribution in [0.1, 0.15) is 5.56 Å². The van der Waals surface area contributed by atoms with E-state index in [1.54, 1.807) is 6.33 Å². The average molecular weight is 216 g/mol. The minimum absolute atomic E-state index is 0.692. The van der Waals surface area contributed by atoms with Crippen LogP contribution in [0.3, 0.4) is 0 Å². The Morgan fingerprint density at radius 2 is 2.31 bits per heavy atom. The molecular weight excluding hydrogens is 200 g/mol. The first-order valence-corrected chi connectivity index (χ1v) is 5.66. The largest absolute Gasteiger partial charge is 0.345 e. The quantitative estimate of drug-likeness (QED) is 0.803. The Kier molecular flexibility index (Phi) is 2.38. The highest BCUT2D eigenvalue weighted by Gasteiger charge is 2.21. The molecule has 0 aliphatic carbocycles. The van der Waals surface area contributed by atoms with Crippen LogP contribution in [-0.2, 0) is 6.54 Å². The van der Waals surface area contributed by atoms with E-state index in [0.717, 1.165) is 30.7 Å². The van der Waals surface area contributed by atoms with Gasteiger partial charge in [-0.05, 0) is 24.7 Å². The molecule has 0 saturated carbocycles. The van der Waals surface area contributed by atoms with E-state index in [2.05, 4.69) is 45.4 Å². The van der Waals surface area contributed by atoms with Crippen molar-refractivity contribution in [1.29, 1.82) is 0 Å². The zero-order valence-electron chi connectivity index (χ0n) is 9.40. The molecule has 0 spiro atoms. The van der Waals surface area contributed by atoms with Crippen LogP contribution in [0.15, 0.2) is 24.5 Å². The molecule has 2 N–H and O–H groups in total. The summed E-state index contributed by atoms with van der Waals surface area (Å²) in [5, 5.41) is 3.30. The second kappa shape index (κ2) is 3.88. The number of nitrogens with one attached hydrogen (secondary N) is 2. The van der Waals surface area contributed by atoms with Gasteiger partial charge in [0.25, 0.3) is 0 Å². The minimum atomic E-state index is 0.692. The Labute approximate surface area is 94.7 Å². The first-order valence-electron chi connectivity index (χ1n) is 5.66. The molecule has 1 saturated heterocycles. The first kappa shape index (κ1) is 9.81.